The largest absolute Gasteiger partial charge is 0.325 e. The first-order valence-corrected chi connectivity index (χ1v) is 6.12. The minimum absolute atomic E-state index is 0.100. The van der Waals surface area contributed by atoms with E-state index in [4.69, 9.17) is 5.73 Å². The summed E-state index contributed by atoms with van der Waals surface area (Å²) >= 11 is 0. The Balaban J connectivity index is 3.98. The lowest BCUT2D eigenvalue weighted by atomic mass is 9.80. The average Bonchev–Trinajstić information content (AvgIpc) is 2.10. The van der Waals surface area contributed by atoms with E-state index in [-0.39, 0.29) is 5.54 Å². The molecule has 1 nitrogen and oxygen atoms in total. The van der Waals surface area contributed by atoms with Crippen molar-refractivity contribution < 1.29 is 0 Å². The third-order valence-electron chi connectivity index (χ3n) is 3.11. The van der Waals surface area contributed by atoms with Crippen LogP contribution in [0.4, 0.5) is 0 Å². The van der Waals surface area contributed by atoms with Gasteiger partial charge in [0, 0.05) is 5.54 Å². The lowest BCUT2D eigenvalue weighted by Crippen LogP contribution is -2.39. The van der Waals surface area contributed by atoms with Crippen molar-refractivity contribution in [3.05, 3.63) is 0 Å². The summed E-state index contributed by atoms with van der Waals surface area (Å²) in [5.74, 6) is 0. The van der Waals surface area contributed by atoms with Crippen LogP contribution in [-0.4, -0.2) is 5.54 Å². The van der Waals surface area contributed by atoms with Crippen LogP contribution in [0.15, 0.2) is 0 Å². The van der Waals surface area contributed by atoms with Crippen LogP contribution in [0.25, 0.3) is 0 Å². The van der Waals surface area contributed by atoms with Gasteiger partial charge in [-0.1, -0.05) is 47.5 Å². The molecule has 1 unspecified atom stereocenters. The van der Waals surface area contributed by atoms with Crippen LogP contribution < -0.4 is 5.73 Å². The maximum Gasteiger partial charge on any atom is 0.0151 e. The highest BCUT2D eigenvalue weighted by atomic mass is 14.7. The molecule has 0 radical (unpaired) electrons. The van der Waals surface area contributed by atoms with Gasteiger partial charge in [0.1, 0.15) is 0 Å². The van der Waals surface area contributed by atoms with Gasteiger partial charge in [-0.05, 0) is 31.1 Å². The van der Waals surface area contributed by atoms with Crippen LogP contribution in [-0.2, 0) is 0 Å². The van der Waals surface area contributed by atoms with E-state index < -0.39 is 0 Å². The molecule has 0 fully saturated rings. The molecule has 0 saturated carbocycles. The van der Waals surface area contributed by atoms with E-state index in [0.29, 0.717) is 5.41 Å². The third-order valence-corrected chi connectivity index (χ3v) is 3.11. The molecule has 0 aromatic carbocycles. The van der Waals surface area contributed by atoms with Gasteiger partial charge in [-0.3, -0.25) is 0 Å². The molecule has 0 aromatic rings. The number of unbranched alkanes of at least 4 members (excludes halogenated alkanes) is 1. The first-order valence-electron chi connectivity index (χ1n) is 6.12. The van der Waals surface area contributed by atoms with Crippen LogP contribution in [0.1, 0.15) is 73.1 Å². The fourth-order valence-electron chi connectivity index (χ4n) is 1.63. The van der Waals surface area contributed by atoms with E-state index in [9.17, 15) is 0 Å². The van der Waals surface area contributed by atoms with Gasteiger partial charge < -0.3 is 5.73 Å². The Hall–Kier alpha value is -0.0400. The molecule has 0 heterocycles. The zero-order chi connectivity index (χ0) is 11.2. The van der Waals surface area contributed by atoms with Gasteiger partial charge in [0.05, 0.1) is 0 Å². The molecule has 0 saturated heterocycles. The van der Waals surface area contributed by atoms with Gasteiger partial charge in [-0.2, -0.15) is 0 Å². The first kappa shape index (κ1) is 14.0. The summed E-state index contributed by atoms with van der Waals surface area (Å²) in [4.78, 5) is 0. The van der Waals surface area contributed by atoms with E-state index in [1.54, 1.807) is 0 Å². The van der Waals surface area contributed by atoms with Crippen molar-refractivity contribution >= 4 is 0 Å². The third kappa shape index (κ3) is 6.42. The van der Waals surface area contributed by atoms with Gasteiger partial charge in [0.25, 0.3) is 0 Å². The van der Waals surface area contributed by atoms with Crippen molar-refractivity contribution in [1.82, 2.24) is 0 Å². The Morgan fingerprint density at radius 2 is 1.50 bits per heavy atom. The van der Waals surface area contributed by atoms with Crippen LogP contribution in [0.2, 0.25) is 0 Å². The van der Waals surface area contributed by atoms with Crippen molar-refractivity contribution in [2.75, 3.05) is 0 Å². The molecule has 1 atom stereocenters. The molecule has 0 aliphatic carbocycles. The fourth-order valence-corrected chi connectivity index (χ4v) is 1.63. The average molecular weight is 199 g/mol. The summed E-state index contributed by atoms with van der Waals surface area (Å²) in [6.45, 7) is 11.3. The fraction of sp³-hybridized carbons (Fsp3) is 1.00. The summed E-state index contributed by atoms with van der Waals surface area (Å²) < 4.78 is 0. The molecule has 0 amide bonds. The standard InChI is InChI=1S/C13H29N/c1-6-8-9-13(14,7-2)11-10-12(3,4)5/h6-11,14H2,1-5H3. The maximum absolute atomic E-state index is 6.39. The lowest BCUT2D eigenvalue weighted by Gasteiger charge is -2.31. The summed E-state index contributed by atoms with van der Waals surface area (Å²) in [6, 6.07) is 0. The Kier molecular flexibility index (Phi) is 5.73. The molecular formula is C13H29N. The Morgan fingerprint density at radius 1 is 0.929 bits per heavy atom. The second-order valence-electron chi connectivity index (χ2n) is 5.88. The van der Waals surface area contributed by atoms with Crippen LogP contribution in [0.3, 0.4) is 0 Å². The molecule has 0 spiro atoms. The predicted octanol–water partition coefficient (Wildman–Crippen LogP) is 4.11. The van der Waals surface area contributed by atoms with Crippen molar-refractivity contribution in [1.29, 1.82) is 0 Å². The van der Waals surface area contributed by atoms with Gasteiger partial charge in [-0.15, -0.1) is 0 Å². The summed E-state index contributed by atoms with van der Waals surface area (Å²) in [6.07, 6.45) is 7.25. The highest BCUT2D eigenvalue weighted by molar-refractivity contribution is 4.84. The van der Waals surface area contributed by atoms with E-state index in [2.05, 4.69) is 34.6 Å². The zero-order valence-corrected chi connectivity index (χ0v) is 10.8. The molecule has 0 aliphatic rings. The van der Waals surface area contributed by atoms with E-state index in [0.717, 1.165) is 6.42 Å². The topological polar surface area (TPSA) is 26.0 Å². The molecular weight excluding hydrogens is 170 g/mol. The molecule has 1 heteroatoms. The number of nitrogens with two attached hydrogens (primary N) is 1. The van der Waals surface area contributed by atoms with Gasteiger partial charge >= 0.3 is 0 Å². The second-order valence-corrected chi connectivity index (χ2v) is 5.88. The monoisotopic (exact) mass is 199 g/mol. The maximum atomic E-state index is 6.39. The SMILES string of the molecule is CCCCC(N)(CC)CCC(C)(C)C. The minimum atomic E-state index is 0.100. The molecule has 0 aliphatic heterocycles. The smallest absolute Gasteiger partial charge is 0.0151 e. The number of hydrogen-bond acceptors (Lipinski definition) is 1. The Morgan fingerprint density at radius 3 is 1.86 bits per heavy atom. The second kappa shape index (κ2) is 5.75. The number of hydrogen-bond donors (Lipinski definition) is 1. The molecule has 0 aromatic heterocycles. The van der Waals surface area contributed by atoms with E-state index >= 15 is 0 Å². The van der Waals surface area contributed by atoms with Crippen molar-refractivity contribution in [2.45, 2.75) is 78.7 Å². The molecule has 2 N–H and O–H groups in total. The van der Waals surface area contributed by atoms with Crippen LogP contribution >= 0.6 is 0 Å². The highest BCUT2D eigenvalue weighted by Gasteiger charge is 2.24. The predicted molar refractivity (Wildman–Crippen MR) is 65.4 cm³/mol. The Bertz CT molecular complexity index is 146. The normalized spacial score (nSPS) is 16.7. The molecule has 0 bridgehead atoms. The van der Waals surface area contributed by atoms with E-state index in [1.165, 1.54) is 32.1 Å². The van der Waals surface area contributed by atoms with Crippen molar-refractivity contribution in [2.24, 2.45) is 11.1 Å². The van der Waals surface area contributed by atoms with Gasteiger partial charge in [-0.25, -0.2) is 0 Å². The summed E-state index contributed by atoms with van der Waals surface area (Å²) in [5.41, 5.74) is 6.91. The minimum Gasteiger partial charge on any atom is -0.325 e. The molecule has 14 heavy (non-hydrogen) atoms. The van der Waals surface area contributed by atoms with Gasteiger partial charge in [0.15, 0.2) is 0 Å². The first-order chi connectivity index (χ1) is 6.33. The quantitative estimate of drug-likeness (QED) is 0.684. The molecule has 0 rings (SSSR count). The van der Waals surface area contributed by atoms with E-state index in [1.807, 2.05) is 0 Å². The Labute approximate surface area is 90.5 Å². The highest BCUT2D eigenvalue weighted by Crippen LogP contribution is 2.28. The molecule has 86 valence electrons. The summed E-state index contributed by atoms with van der Waals surface area (Å²) in [7, 11) is 0. The summed E-state index contributed by atoms with van der Waals surface area (Å²) in [5, 5.41) is 0. The van der Waals surface area contributed by atoms with Crippen LogP contribution in [0.5, 0.6) is 0 Å². The lowest BCUT2D eigenvalue weighted by molar-refractivity contribution is 0.268. The van der Waals surface area contributed by atoms with Crippen molar-refractivity contribution in [3.63, 3.8) is 0 Å². The van der Waals surface area contributed by atoms with Gasteiger partial charge in [0.2, 0.25) is 0 Å². The number of rotatable bonds is 6. The zero-order valence-electron chi connectivity index (χ0n) is 10.8. The van der Waals surface area contributed by atoms with Crippen molar-refractivity contribution in [3.8, 4) is 0 Å². The van der Waals surface area contributed by atoms with Crippen LogP contribution in [0, 0.1) is 5.41 Å².